The van der Waals surface area contributed by atoms with Crippen molar-refractivity contribution in [3.8, 4) is 16.3 Å². The number of hydrogen-bond acceptors (Lipinski definition) is 4. The molecule has 0 saturated heterocycles. The van der Waals surface area contributed by atoms with Gasteiger partial charge in [0.15, 0.2) is 11.4 Å². The molecule has 0 saturated carbocycles. The van der Waals surface area contributed by atoms with Gasteiger partial charge in [-0.3, -0.25) is 9.89 Å². The summed E-state index contributed by atoms with van der Waals surface area (Å²) in [5, 5.41) is 12.1. The molecular formula is C16H14ClN3O2S. The molecule has 0 spiro atoms. The molecule has 2 N–H and O–H groups in total. The van der Waals surface area contributed by atoms with Crippen LogP contribution in [-0.4, -0.2) is 22.7 Å². The predicted octanol–water partition coefficient (Wildman–Crippen LogP) is 4.44. The molecule has 23 heavy (non-hydrogen) atoms. The molecule has 1 aromatic carbocycles. The zero-order chi connectivity index (χ0) is 16.2. The smallest absolute Gasteiger partial charge is 0.276 e. The van der Waals surface area contributed by atoms with E-state index in [0.717, 1.165) is 10.6 Å². The molecule has 0 bridgehead atoms. The van der Waals surface area contributed by atoms with Crippen LogP contribution in [0.4, 0.5) is 5.69 Å². The van der Waals surface area contributed by atoms with Gasteiger partial charge < -0.3 is 10.1 Å². The number of H-pyrrole nitrogens is 1. The summed E-state index contributed by atoms with van der Waals surface area (Å²) >= 11 is 7.69. The van der Waals surface area contributed by atoms with Crippen LogP contribution in [0.3, 0.4) is 0 Å². The summed E-state index contributed by atoms with van der Waals surface area (Å²) in [5.74, 6) is 0.131. The summed E-state index contributed by atoms with van der Waals surface area (Å²) in [6.45, 7) is 2.31. The molecule has 0 aliphatic heterocycles. The van der Waals surface area contributed by atoms with Crippen molar-refractivity contribution in [1.82, 2.24) is 10.2 Å². The number of rotatable bonds is 5. The lowest BCUT2D eigenvalue weighted by Crippen LogP contribution is -2.13. The molecule has 5 nitrogen and oxygen atoms in total. The Hall–Kier alpha value is -2.31. The maximum atomic E-state index is 12.4. The van der Waals surface area contributed by atoms with Crippen molar-refractivity contribution in [2.75, 3.05) is 11.9 Å². The standard InChI is InChI=1S/C16H14ClN3O2S/c1-2-22-15-10(17)5-3-6-11(15)18-16(21)13-9-12(19-20-13)14-7-4-8-23-14/h3-9H,2H2,1H3,(H,18,21)(H,19,20). The van der Waals surface area contributed by atoms with Crippen molar-refractivity contribution < 1.29 is 9.53 Å². The van der Waals surface area contributed by atoms with Gasteiger partial charge in [-0.25, -0.2) is 0 Å². The molecule has 2 heterocycles. The maximum Gasteiger partial charge on any atom is 0.276 e. The van der Waals surface area contributed by atoms with Gasteiger partial charge in [-0.15, -0.1) is 11.3 Å². The highest BCUT2D eigenvalue weighted by molar-refractivity contribution is 7.13. The molecule has 2 aromatic heterocycles. The van der Waals surface area contributed by atoms with E-state index in [0.29, 0.717) is 28.8 Å². The summed E-state index contributed by atoms with van der Waals surface area (Å²) in [5.41, 5.74) is 1.63. The summed E-state index contributed by atoms with van der Waals surface area (Å²) < 4.78 is 5.50. The van der Waals surface area contributed by atoms with Gasteiger partial charge in [0.25, 0.3) is 5.91 Å². The fourth-order valence-electron chi connectivity index (χ4n) is 2.08. The Morgan fingerprint density at radius 2 is 2.26 bits per heavy atom. The zero-order valence-electron chi connectivity index (χ0n) is 12.3. The molecule has 0 aliphatic carbocycles. The lowest BCUT2D eigenvalue weighted by Gasteiger charge is -2.12. The number of hydrogen-bond donors (Lipinski definition) is 2. The van der Waals surface area contributed by atoms with E-state index in [1.807, 2.05) is 24.4 Å². The Kier molecular flexibility index (Phi) is 4.64. The largest absolute Gasteiger partial charge is 0.490 e. The third-order valence-corrected chi connectivity index (χ3v) is 4.30. The fourth-order valence-corrected chi connectivity index (χ4v) is 3.00. The molecule has 0 aliphatic rings. The highest BCUT2D eigenvalue weighted by Crippen LogP contribution is 2.33. The van der Waals surface area contributed by atoms with Crippen LogP contribution < -0.4 is 10.1 Å². The summed E-state index contributed by atoms with van der Waals surface area (Å²) in [6, 6.07) is 10.8. The van der Waals surface area contributed by atoms with E-state index in [1.165, 1.54) is 0 Å². The second-order valence-corrected chi connectivity index (χ2v) is 6.00. The topological polar surface area (TPSA) is 67.0 Å². The van der Waals surface area contributed by atoms with Crippen LogP contribution in [0, 0.1) is 0 Å². The van der Waals surface area contributed by atoms with E-state index in [4.69, 9.17) is 16.3 Å². The number of thiophene rings is 1. The normalized spacial score (nSPS) is 10.5. The lowest BCUT2D eigenvalue weighted by atomic mass is 10.2. The Labute approximate surface area is 142 Å². The molecule has 0 unspecified atom stereocenters. The number of ether oxygens (including phenoxy) is 1. The van der Waals surface area contributed by atoms with Crippen LogP contribution in [0.2, 0.25) is 5.02 Å². The minimum absolute atomic E-state index is 0.302. The second-order valence-electron chi connectivity index (χ2n) is 4.65. The van der Waals surface area contributed by atoms with Crippen molar-refractivity contribution in [2.24, 2.45) is 0 Å². The van der Waals surface area contributed by atoms with Crippen LogP contribution in [-0.2, 0) is 0 Å². The van der Waals surface area contributed by atoms with E-state index in [-0.39, 0.29) is 5.91 Å². The first-order chi connectivity index (χ1) is 11.2. The van der Waals surface area contributed by atoms with E-state index in [9.17, 15) is 4.79 Å². The van der Waals surface area contributed by atoms with Crippen molar-refractivity contribution >= 4 is 34.5 Å². The molecule has 0 radical (unpaired) electrons. The van der Waals surface area contributed by atoms with Gasteiger partial charge in [-0.1, -0.05) is 23.7 Å². The minimum Gasteiger partial charge on any atom is -0.490 e. The van der Waals surface area contributed by atoms with Gasteiger partial charge in [0.2, 0.25) is 0 Å². The SMILES string of the molecule is CCOc1c(Cl)cccc1NC(=O)c1cc(-c2cccs2)[nH]n1. The van der Waals surface area contributed by atoms with Crippen LogP contribution in [0.1, 0.15) is 17.4 Å². The van der Waals surface area contributed by atoms with E-state index in [2.05, 4.69) is 15.5 Å². The lowest BCUT2D eigenvalue weighted by molar-refractivity contribution is 0.102. The quantitative estimate of drug-likeness (QED) is 0.716. The average Bonchev–Trinajstić information content (AvgIpc) is 3.20. The number of amides is 1. The number of nitrogens with zero attached hydrogens (tertiary/aromatic N) is 1. The predicted molar refractivity (Wildman–Crippen MR) is 92.5 cm³/mol. The van der Waals surface area contributed by atoms with Crippen LogP contribution in [0.15, 0.2) is 41.8 Å². The highest BCUT2D eigenvalue weighted by Gasteiger charge is 2.15. The monoisotopic (exact) mass is 347 g/mol. The number of aromatic amines is 1. The van der Waals surface area contributed by atoms with Crippen molar-refractivity contribution in [3.05, 3.63) is 52.5 Å². The number of nitrogens with one attached hydrogen (secondary N) is 2. The van der Waals surface area contributed by atoms with Crippen LogP contribution >= 0.6 is 22.9 Å². The van der Waals surface area contributed by atoms with Gasteiger partial charge in [0, 0.05) is 0 Å². The number of anilines is 1. The van der Waals surface area contributed by atoms with Crippen molar-refractivity contribution in [1.29, 1.82) is 0 Å². The highest BCUT2D eigenvalue weighted by atomic mass is 35.5. The third-order valence-electron chi connectivity index (χ3n) is 3.10. The Bertz CT molecular complexity index is 815. The Balaban J connectivity index is 1.81. The Morgan fingerprint density at radius 1 is 1.39 bits per heavy atom. The van der Waals surface area contributed by atoms with Crippen molar-refractivity contribution in [3.63, 3.8) is 0 Å². The average molecular weight is 348 g/mol. The molecule has 7 heteroatoms. The van der Waals surface area contributed by atoms with E-state index >= 15 is 0 Å². The third kappa shape index (κ3) is 3.38. The molecule has 0 atom stereocenters. The molecule has 118 valence electrons. The summed E-state index contributed by atoms with van der Waals surface area (Å²) in [4.78, 5) is 13.4. The molecular weight excluding hydrogens is 334 g/mol. The summed E-state index contributed by atoms with van der Waals surface area (Å²) in [7, 11) is 0. The number of benzene rings is 1. The fraction of sp³-hybridized carbons (Fsp3) is 0.125. The molecule has 0 fully saturated rings. The van der Waals surface area contributed by atoms with Crippen molar-refractivity contribution in [2.45, 2.75) is 6.92 Å². The summed E-state index contributed by atoms with van der Waals surface area (Å²) in [6.07, 6.45) is 0. The Morgan fingerprint density at radius 3 is 3.00 bits per heavy atom. The molecule has 3 rings (SSSR count). The number of aromatic nitrogens is 2. The van der Waals surface area contributed by atoms with Crippen LogP contribution in [0.25, 0.3) is 10.6 Å². The second kappa shape index (κ2) is 6.85. The van der Waals surface area contributed by atoms with E-state index < -0.39 is 0 Å². The van der Waals surface area contributed by atoms with Gasteiger partial charge in [-0.2, -0.15) is 5.10 Å². The maximum absolute atomic E-state index is 12.4. The molecule has 3 aromatic rings. The van der Waals surface area contributed by atoms with Crippen LogP contribution in [0.5, 0.6) is 5.75 Å². The van der Waals surface area contributed by atoms with Gasteiger partial charge in [0.1, 0.15) is 0 Å². The first-order valence-corrected chi connectivity index (χ1v) is 8.26. The number of carbonyl (C=O) groups is 1. The minimum atomic E-state index is -0.327. The molecule has 1 amide bonds. The van der Waals surface area contributed by atoms with Gasteiger partial charge >= 0.3 is 0 Å². The van der Waals surface area contributed by atoms with Gasteiger partial charge in [-0.05, 0) is 36.6 Å². The first-order valence-electron chi connectivity index (χ1n) is 7.01. The number of carbonyl (C=O) groups excluding carboxylic acids is 1. The zero-order valence-corrected chi connectivity index (χ0v) is 13.9. The van der Waals surface area contributed by atoms with Gasteiger partial charge in [0.05, 0.1) is 27.9 Å². The number of para-hydroxylation sites is 1. The van der Waals surface area contributed by atoms with E-state index in [1.54, 1.807) is 35.6 Å². The number of halogens is 1. The first kappa shape index (κ1) is 15.6.